The van der Waals surface area contributed by atoms with Crippen molar-refractivity contribution in [3.63, 3.8) is 0 Å². The fourth-order valence-electron chi connectivity index (χ4n) is 4.85. The molecule has 1 aliphatic heterocycles. The molecule has 2 fully saturated rings. The Labute approximate surface area is 251 Å². The molecule has 1 saturated carbocycles. The molecule has 1 aromatic heterocycles. The number of amides is 1. The second-order valence-corrected chi connectivity index (χ2v) is 12.9. The van der Waals surface area contributed by atoms with E-state index in [4.69, 9.17) is 32.7 Å². The van der Waals surface area contributed by atoms with E-state index in [0.29, 0.717) is 25.5 Å². The van der Waals surface area contributed by atoms with Crippen LogP contribution in [-0.4, -0.2) is 79.8 Å². The van der Waals surface area contributed by atoms with Gasteiger partial charge in [0.2, 0.25) is 21.9 Å². The zero-order valence-corrected chi connectivity index (χ0v) is 25.1. The molecular weight excluding hydrogens is 624 g/mol. The van der Waals surface area contributed by atoms with Gasteiger partial charge in [0.1, 0.15) is 22.6 Å². The molecule has 17 heteroatoms. The number of rotatable bonds is 10. The van der Waals surface area contributed by atoms with Gasteiger partial charge in [0.15, 0.2) is 0 Å². The number of benzene rings is 1. The Balaban J connectivity index is 1.56. The number of carbonyl (C=O) groups excluding carboxylic acids is 1. The van der Waals surface area contributed by atoms with Crippen LogP contribution in [0, 0.1) is 0 Å². The van der Waals surface area contributed by atoms with Gasteiger partial charge >= 0.3 is 6.18 Å². The topological polar surface area (TPSA) is 135 Å². The van der Waals surface area contributed by atoms with Crippen LogP contribution in [0.3, 0.4) is 0 Å². The number of hydrogen-bond acceptors (Lipinski definition) is 9. The number of halogens is 5. The molecule has 0 bridgehead atoms. The van der Waals surface area contributed by atoms with Crippen molar-refractivity contribution in [2.45, 2.75) is 56.5 Å². The third-order valence-corrected chi connectivity index (χ3v) is 9.21. The first-order valence-electron chi connectivity index (χ1n) is 13.1. The number of nitrogens with zero attached hydrogens (tertiary/aromatic N) is 3. The number of aromatic nitrogens is 2. The number of ether oxygens (including phenoxy) is 2. The Morgan fingerprint density at radius 1 is 1.19 bits per heavy atom. The molecule has 4 rings (SSSR count). The van der Waals surface area contributed by atoms with Gasteiger partial charge in [0.05, 0.1) is 29.4 Å². The molecule has 1 saturated heterocycles. The highest BCUT2D eigenvalue weighted by molar-refractivity contribution is 7.90. The predicted octanol–water partition coefficient (Wildman–Crippen LogP) is 4.14. The molecule has 3 N–H and O–H groups in total. The van der Waals surface area contributed by atoms with Crippen LogP contribution in [0.2, 0.25) is 5.02 Å². The van der Waals surface area contributed by atoms with Gasteiger partial charge in [-0.25, -0.2) is 18.1 Å². The maximum atomic E-state index is 13.8. The summed E-state index contributed by atoms with van der Waals surface area (Å²) in [5.74, 6) is -1.25. The summed E-state index contributed by atoms with van der Waals surface area (Å²) in [6.45, 7) is 1.71. The lowest BCUT2D eigenvalue weighted by atomic mass is 10.0. The van der Waals surface area contributed by atoms with E-state index in [0.717, 1.165) is 25.9 Å². The number of likely N-dealkylation sites (tertiary alicyclic amines) is 1. The van der Waals surface area contributed by atoms with Crippen molar-refractivity contribution in [2.75, 3.05) is 37.8 Å². The average Bonchev–Trinajstić information content (AvgIpc) is 3.35. The lowest BCUT2D eigenvalue weighted by Gasteiger charge is -2.29. The molecule has 11 nitrogen and oxygen atoms in total. The van der Waals surface area contributed by atoms with Gasteiger partial charge in [-0.05, 0) is 64.4 Å². The zero-order valence-electron chi connectivity index (χ0n) is 22.8. The highest BCUT2D eigenvalue weighted by Crippen LogP contribution is 2.38. The number of methoxy groups -OCH3 is 1. The monoisotopic (exact) mass is 654 g/mol. The van der Waals surface area contributed by atoms with E-state index in [1.54, 1.807) is 0 Å². The van der Waals surface area contributed by atoms with Crippen molar-refractivity contribution in [3.8, 4) is 11.6 Å². The largest absolute Gasteiger partial charge is 0.495 e. The van der Waals surface area contributed by atoms with Crippen molar-refractivity contribution >= 4 is 50.8 Å². The zero-order chi connectivity index (χ0) is 30.7. The van der Waals surface area contributed by atoms with Crippen LogP contribution in [0.5, 0.6) is 11.6 Å². The minimum atomic E-state index is -4.85. The van der Waals surface area contributed by atoms with E-state index < -0.39 is 45.0 Å². The molecule has 2 aliphatic rings. The number of nitrogens with one attached hydrogen (secondary N) is 3. The maximum absolute atomic E-state index is 13.8. The van der Waals surface area contributed by atoms with E-state index >= 15 is 0 Å². The summed E-state index contributed by atoms with van der Waals surface area (Å²) < 4.78 is 78.7. The van der Waals surface area contributed by atoms with Crippen molar-refractivity contribution in [1.82, 2.24) is 24.9 Å². The lowest BCUT2D eigenvalue weighted by molar-refractivity contribution is -0.140. The summed E-state index contributed by atoms with van der Waals surface area (Å²) in [5, 5.41) is 5.13. The summed E-state index contributed by atoms with van der Waals surface area (Å²) in [7, 11) is -0.465. The van der Waals surface area contributed by atoms with Crippen LogP contribution in [0.4, 0.5) is 24.8 Å². The van der Waals surface area contributed by atoms with Gasteiger partial charge in [-0.3, -0.25) is 4.79 Å². The average molecular weight is 656 g/mol. The quantitative estimate of drug-likeness (QED) is 0.323. The molecular formula is C25H31Cl2F3N6O5S. The highest BCUT2D eigenvalue weighted by atomic mass is 35.5. The van der Waals surface area contributed by atoms with Crippen molar-refractivity contribution in [3.05, 3.63) is 34.5 Å². The highest BCUT2D eigenvalue weighted by Gasteiger charge is 2.39. The first kappa shape index (κ1) is 32.3. The second kappa shape index (κ2) is 13.4. The fraction of sp³-hybridized carbons (Fsp3) is 0.560. The molecule has 1 aromatic carbocycles. The summed E-state index contributed by atoms with van der Waals surface area (Å²) in [6, 6.07) is 2.02. The molecule has 1 aliphatic carbocycles. The van der Waals surface area contributed by atoms with Gasteiger partial charge in [-0.1, -0.05) is 11.6 Å². The van der Waals surface area contributed by atoms with E-state index in [-0.39, 0.29) is 39.9 Å². The first-order valence-corrected chi connectivity index (χ1v) is 15.7. The molecule has 2 heterocycles. The number of alkyl halides is 4. The molecule has 0 spiro atoms. The molecule has 2 atom stereocenters. The molecule has 232 valence electrons. The van der Waals surface area contributed by atoms with Gasteiger partial charge in [-0.15, -0.1) is 11.6 Å². The predicted molar refractivity (Wildman–Crippen MR) is 151 cm³/mol. The van der Waals surface area contributed by atoms with E-state index in [9.17, 15) is 26.4 Å². The third-order valence-electron chi connectivity index (χ3n) is 7.08. The van der Waals surface area contributed by atoms with Gasteiger partial charge in [0.25, 0.3) is 5.91 Å². The van der Waals surface area contributed by atoms with Crippen LogP contribution in [0.15, 0.2) is 18.3 Å². The van der Waals surface area contributed by atoms with Gasteiger partial charge in [0, 0.05) is 12.2 Å². The van der Waals surface area contributed by atoms with Gasteiger partial charge in [-0.2, -0.15) is 18.2 Å². The Morgan fingerprint density at radius 3 is 2.55 bits per heavy atom. The lowest BCUT2D eigenvalue weighted by Crippen LogP contribution is -2.43. The smallest absolute Gasteiger partial charge is 0.423 e. The summed E-state index contributed by atoms with van der Waals surface area (Å²) >= 11 is 11.9. The van der Waals surface area contributed by atoms with E-state index in [1.165, 1.54) is 19.2 Å². The number of sulfonamides is 1. The van der Waals surface area contributed by atoms with Crippen molar-refractivity contribution < 1.29 is 35.9 Å². The molecule has 0 unspecified atom stereocenters. The third kappa shape index (κ3) is 8.07. The summed E-state index contributed by atoms with van der Waals surface area (Å²) in [4.78, 5) is 22.8. The van der Waals surface area contributed by atoms with E-state index in [1.807, 2.05) is 7.05 Å². The standard InChI is InChI=1S/C25H31Cl2F3N6O5S/c1-36-8-6-14(7-9-36)32-22(37)15-10-21(40-2)19(11-17(15)27)33-24-31-12-16(25(28,29)30)23(34-24)41-20-5-3-4-18(20)35-42(38,39)13-26/h10-12,14,18,20,35H,3-9,13H2,1-2H3,(H,32,37)(H,31,33,34)/t18-,20-/m1/s1. The van der Waals surface area contributed by atoms with E-state index in [2.05, 4.69) is 30.2 Å². The Bertz CT molecular complexity index is 1390. The number of hydrogen-bond donors (Lipinski definition) is 3. The Morgan fingerprint density at radius 2 is 1.90 bits per heavy atom. The van der Waals surface area contributed by atoms with Gasteiger partial charge < -0.3 is 25.0 Å². The molecule has 1 amide bonds. The van der Waals surface area contributed by atoms with Crippen LogP contribution in [-0.2, 0) is 16.2 Å². The number of carbonyl (C=O) groups is 1. The minimum absolute atomic E-state index is 0.00256. The maximum Gasteiger partial charge on any atom is 0.423 e. The van der Waals surface area contributed by atoms with Crippen LogP contribution in [0.25, 0.3) is 0 Å². The van der Waals surface area contributed by atoms with Crippen LogP contribution < -0.4 is 24.8 Å². The Kier molecular flexibility index (Phi) is 10.3. The molecule has 2 aromatic rings. The van der Waals surface area contributed by atoms with Crippen molar-refractivity contribution in [2.24, 2.45) is 0 Å². The second-order valence-electron chi connectivity index (χ2n) is 10.2. The normalized spacial score (nSPS) is 20.4. The molecule has 0 radical (unpaired) electrons. The summed E-state index contributed by atoms with van der Waals surface area (Å²) in [5.41, 5.74) is -0.871. The first-order chi connectivity index (χ1) is 19.8. The van der Waals surface area contributed by atoms with Crippen molar-refractivity contribution in [1.29, 1.82) is 0 Å². The Hall–Kier alpha value is -2.59. The minimum Gasteiger partial charge on any atom is -0.495 e. The fourth-order valence-corrected chi connectivity index (χ4v) is 6.08. The SMILES string of the molecule is COc1cc(C(=O)NC2CCN(C)CC2)c(Cl)cc1Nc1ncc(C(F)(F)F)c(O[C@@H]2CCC[C@H]2NS(=O)(=O)CCl)n1. The van der Waals surface area contributed by atoms with Crippen LogP contribution in [0.1, 0.15) is 48.0 Å². The summed E-state index contributed by atoms with van der Waals surface area (Å²) in [6.07, 6.45) is -2.44. The number of piperidine rings is 1. The number of anilines is 2. The molecule has 42 heavy (non-hydrogen) atoms. The van der Waals surface area contributed by atoms with Crippen LogP contribution >= 0.6 is 23.2 Å².